The van der Waals surface area contributed by atoms with Crippen LogP contribution in [0, 0.1) is 0 Å². The van der Waals surface area contributed by atoms with E-state index in [1.54, 1.807) is 0 Å². The van der Waals surface area contributed by atoms with Crippen LogP contribution in [0.2, 0.25) is 0 Å². The molecule has 0 N–H and O–H groups in total. The van der Waals surface area contributed by atoms with Crippen molar-refractivity contribution < 1.29 is 14.3 Å². The average molecular weight is 444 g/mol. The number of aldehydes is 1. The number of benzene rings is 3. The maximum absolute atomic E-state index is 11.5. The van der Waals surface area contributed by atoms with Gasteiger partial charge in [0.2, 0.25) is 0 Å². The fraction of sp³-hybridized carbons (Fsp3) is 0.345. The molecule has 1 fully saturated rings. The Bertz CT molecular complexity index is 948. The molecular weight excluding hydrogens is 410 g/mol. The van der Waals surface area contributed by atoms with Crippen molar-refractivity contribution in [2.24, 2.45) is 0 Å². The van der Waals surface area contributed by atoms with Gasteiger partial charge in [0.1, 0.15) is 6.29 Å². The van der Waals surface area contributed by atoms with Crippen LogP contribution in [0.3, 0.4) is 0 Å². The second-order valence-corrected chi connectivity index (χ2v) is 8.69. The first-order chi connectivity index (χ1) is 16.3. The Morgan fingerprint density at radius 2 is 1.33 bits per heavy atom. The lowest BCUT2D eigenvalue weighted by Gasteiger charge is -2.46. The zero-order valence-corrected chi connectivity index (χ0v) is 19.1. The number of nitrogens with zero attached hydrogens (tertiary/aromatic N) is 1. The molecule has 0 aromatic heterocycles. The number of piperidine rings is 1. The van der Waals surface area contributed by atoms with Crippen molar-refractivity contribution >= 4 is 6.29 Å². The second-order valence-electron chi connectivity index (χ2n) is 8.69. The smallest absolute Gasteiger partial charge is 0.121 e. The Balaban J connectivity index is 1.50. The second kappa shape index (κ2) is 12.4. The van der Waals surface area contributed by atoms with Gasteiger partial charge in [0.05, 0.1) is 32.0 Å². The van der Waals surface area contributed by atoms with E-state index in [0.717, 1.165) is 31.2 Å². The van der Waals surface area contributed by atoms with Crippen LogP contribution in [0.15, 0.2) is 91.0 Å². The molecule has 4 rings (SSSR count). The quantitative estimate of drug-likeness (QED) is 0.372. The van der Waals surface area contributed by atoms with Crippen LogP contribution in [0.4, 0.5) is 0 Å². The molecule has 4 nitrogen and oxygen atoms in total. The number of carbonyl (C=O) groups is 1. The highest BCUT2D eigenvalue weighted by atomic mass is 16.5. The summed E-state index contributed by atoms with van der Waals surface area (Å²) in [6.45, 7) is 2.50. The summed E-state index contributed by atoms with van der Waals surface area (Å²) in [6.07, 6.45) is 3.51. The Labute approximate surface area is 197 Å². The van der Waals surface area contributed by atoms with Crippen LogP contribution in [0.25, 0.3) is 0 Å². The van der Waals surface area contributed by atoms with Crippen LogP contribution in [-0.4, -0.2) is 36.0 Å². The molecular formula is C29H33NO3. The summed E-state index contributed by atoms with van der Waals surface area (Å²) in [5, 5.41) is 0. The zero-order valence-electron chi connectivity index (χ0n) is 19.1. The lowest BCUT2D eigenvalue weighted by molar-refractivity contribution is -0.117. The van der Waals surface area contributed by atoms with Gasteiger partial charge < -0.3 is 14.3 Å². The summed E-state index contributed by atoms with van der Waals surface area (Å²) in [4.78, 5) is 13.9. The van der Waals surface area contributed by atoms with E-state index in [2.05, 4.69) is 53.4 Å². The number of hydrogen-bond acceptors (Lipinski definition) is 4. The standard InChI is InChI=1S/C29H33NO3/c31-19-18-27-16-17-29(33-22-26-14-8-3-9-15-26)28(23-32-21-25-12-6-2-7-13-25)30(27)20-24-10-4-1-5-11-24/h1-15,19,27-29H,16-18,20-23H2/t27-,28?,29?/m1/s1. The van der Waals surface area contributed by atoms with Gasteiger partial charge >= 0.3 is 0 Å². The van der Waals surface area contributed by atoms with Crippen molar-refractivity contribution in [3.63, 3.8) is 0 Å². The van der Waals surface area contributed by atoms with Gasteiger partial charge in [-0.3, -0.25) is 4.90 Å². The van der Waals surface area contributed by atoms with Gasteiger partial charge in [-0.25, -0.2) is 0 Å². The van der Waals surface area contributed by atoms with E-state index in [0.29, 0.717) is 26.2 Å². The summed E-state index contributed by atoms with van der Waals surface area (Å²) < 4.78 is 12.7. The molecule has 33 heavy (non-hydrogen) atoms. The van der Waals surface area contributed by atoms with Crippen molar-refractivity contribution in [3.8, 4) is 0 Å². The molecule has 0 aliphatic carbocycles. The van der Waals surface area contributed by atoms with Crippen molar-refractivity contribution in [2.75, 3.05) is 6.61 Å². The van der Waals surface area contributed by atoms with Crippen LogP contribution < -0.4 is 0 Å². The van der Waals surface area contributed by atoms with Crippen molar-refractivity contribution in [3.05, 3.63) is 108 Å². The van der Waals surface area contributed by atoms with E-state index in [1.165, 1.54) is 11.1 Å². The van der Waals surface area contributed by atoms with Gasteiger partial charge in [-0.2, -0.15) is 0 Å². The summed E-state index contributed by atoms with van der Waals surface area (Å²) in [7, 11) is 0. The van der Waals surface area contributed by atoms with E-state index in [1.807, 2.05) is 42.5 Å². The summed E-state index contributed by atoms with van der Waals surface area (Å²) >= 11 is 0. The third kappa shape index (κ3) is 6.84. The molecule has 0 amide bonds. The highest BCUT2D eigenvalue weighted by molar-refractivity contribution is 5.50. The van der Waals surface area contributed by atoms with Crippen molar-refractivity contribution in [1.82, 2.24) is 4.90 Å². The van der Waals surface area contributed by atoms with E-state index in [4.69, 9.17) is 9.47 Å². The van der Waals surface area contributed by atoms with Gasteiger partial charge in [0.15, 0.2) is 0 Å². The average Bonchev–Trinajstić information content (AvgIpc) is 2.87. The van der Waals surface area contributed by atoms with Gasteiger partial charge in [-0.1, -0.05) is 91.0 Å². The molecule has 3 aromatic rings. The fourth-order valence-electron chi connectivity index (χ4n) is 4.65. The molecule has 2 unspecified atom stereocenters. The predicted octanol–water partition coefficient (Wildman–Crippen LogP) is 5.41. The first-order valence-electron chi connectivity index (χ1n) is 11.8. The predicted molar refractivity (Wildman–Crippen MR) is 131 cm³/mol. The first kappa shape index (κ1) is 23.4. The minimum Gasteiger partial charge on any atom is -0.375 e. The maximum atomic E-state index is 11.5. The molecule has 1 heterocycles. The maximum Gasteiger partial charge on any atom is 0.121 e. The van der Waals surface area contributed by atoms with Gasteiger partial charge in [-0.05, 0) is 29.5 Å². The first-order valence-corrected chi connectivity index (χ1v) is 11.8. The Hall–Kier alpha value is -2.79. The number of hydrogen-bond donors (Lipinski definition) is 0. The Morgan fingerprint density at radius 3 is 1.94 bits per heavy atom. The monoisotopic (exact) mass is 443 g/mol. The molecule has 172 valence electrons. The van der Waals surface area contributed by atoms with E-state index < -0.39 is 0 Å². The van der Waals surface area contributed by atoms with Crippen molar-refractivity contribution in [2.45, 2.75) is 57.2 Å². The SMILES string of the molecule is O=CC[C@H]1CCC(OCc2ccccc2)C(COCc2ccccc2)N1Cc1ccccc1. The number of ether oxygens (including phenoxy) is 2. The van der Waals surface area contributed by atoms with Crippen LogP contribution in [0.5, 0.6) is 0 Å². The van der Waals surface area contributed by atoms with Crippen molar-refractivity contribution in [1.29, 1.82) is 0 Å². The normalized spacial score (nSPS) is 21.0. The van der Waals surface area contributed by atoms with E-state index in [9.17, 15) is 4.79 Å². The fourth-order valence-corrected chi connectivity index (χ4v) is 4.65. The summed E-state index contributed by atoms with van der Waals surface area (Å²) in [6, 6.07) is 31.3. The number of rotatable bonds is 11. The van der Waals surface area contributed by atoms with E-state index in [-0.39, 0.29) is 18.2 Å². The Kier molecular flexibility index (Phi) is 8.82. The van der Waals surface area contributed by atoms with Crippen LogP contribution in [0.1, 0.15) is 36.0 Å². The van der Waals surface area contributed by atoms with Gasteiger partial charge in [-0.15, -0.1) is 0 Å². The summed E-state index contributed by atoms with van der Waals surface area (Å²) in [5.74, 6) is 0. The topological polar surface area (TPSA) is 38.8 Å². The molecule has 4 heteroatoms. The highest BCUT2D eigenvalue weighted by Crippen LogP contribution is 2.30. The minimum atomic E-state index is 0.0487. The lowest BCUT2D eigenvalue weighted by atomic mass is 9.90. The third-order valence-corrected chi connectivity index (χ3v) is 6.39. The van der Waals surface area contributed by atoms with Gasteiger partial charge in [0, 0.05) is 19.0 Å². The zero-order chi connectivity index (χ0) is 22.7. The molecule has 1 saturated heterocycles. The highest BCUT2D eigenvalue weighted by Gasteiger charge is 2.38. The largest absolute Gasteiger partial charge is 0.375 e. The molecule has 0 bridgehead atoms. The lowest BCUT2D eigenvalue weighted by Crippen LogP contribution is -2.55. The molecule has 0 radical (unpaired) electrons. The third-order valence-electron chi connectivity index (χ3n) is 6.39. The molecule has 0 spiro atoms. The molecule has 1 aliphatic rings. The van der Waals surface area contributed by atoms with Crippen LogP contribution in [-0.2, 0) is 34.0 Å². The molecule has 1 aliphatic heterocycles. The van der Waals surface area contributed by atoms with Gasteiger partial charge in [0.25, 0.3) is 0 Å². The summed E-state index contributed by atoms with van der Waals surface area (Å²) in [5.41, 5.74) is 3.57. The minimum absolute atomic E-state index is 0.0487. The molecule has 3 aromatic carbocycles. The van der Waals surface area contributed by atoms with E-state index >= 15 is 0 Å². The number of likely N-dealkylation sites (tertiary alicyclic amines) is 1. The number of carbonyl (C=O) groups excluding carboxylic acids is 1. The molecule has 3 atom stereocenters. The van der Waals surface area contributed by atoms with Crippen LogP contribution >= 0.6 is 0 Å². The molecule has 0 saturated carbocycles. The Morgan fingerprint density at radius 1 is 0.758 bits per heavy atom.